The number of carbonyl (C=O) groups excluding carboxylic acids is 2. The van der Waals surface area contributed by atoms with Gasteiger partial charge in [-0.05, 0) is 112 Å². The molecule has 5 heteroatoms. The van der Waals surface area contributed by atoms with Gasteiger partial charge in [0.2, 0.25) is 0 Å². The summed E-state index contributed by atoms with van der Waals surface area (Å²) in [5.41, 5.74) is 14.7. The predicted octanol–water partition coefficient (Wildman–Crippen LogP) is 11.2. The number of ether oxygens (including phenoxy) is 2. The maximum Gasteiger partial charge on any atom is 0.330 e. The summed E-state index contributed by atoms with van der Waals surface area (Å²) in [5, 5.41) is 0. The average molecular weight is 702 g/mol. The van der Waals surface area contributed by atoms with Crippen molar-refractivity contribution >= 4 is 29.0 Å². The summed E-state index contributed by atoms with van der Waals surface area (Å²) in [7, 11) is 0. The van der Waals surface area contributed by atoms with Gasteiger partial charge in [0.1, 0.15) is 0 Å². The fourth-order valence-electron chi connectivity index (χ4n) is 8.34. The largest absolute Gasteiger partial charge is 0.463 e. The molecule has 0 heterocycles. The van der Waals surface area contributed by atoms with Crippen LogP contribution in [0, 0.1) is 5.92 Å². The first kappa shape index (κ1) is 35.7. The molecule has 0 unspecified atom stereocenters. The van der Waals surface area contributed by atoms with Gasteiger partial charge < -0.3 is 14.4 Å². The van der Waals surface area contributed by atoms with Crippen LogP contribution < -0.4 is 4.90 Å². The number of esters is 2. The molecule has 0 aliphatic heterocycles. The van der Waals surface area contributed by atoms with E-state index in [4.69, 9.17) is 9.47 Å². The molecule has 0 aromatic heterocycles. The van der Waals surface area contributed by atoms with Gasteiger partial charge in [0.05, 0.1) is 13.2 Å². The summed E-state index contributed by atoms with van der Waals surface area (Å²) >= 11 is 0. The van der Waals surface area contributed by atoms with Gasteiger partial charge in [-0.25, -0.2) is 9.59 Å². The molecule has 5 aromatic carbocycles. The van der Waals surface area contributed by atoms with Crippen LogP contribution in [-0.4, -0.2) is 25.2 Å². The first-order valence-electron chi connectivity index (χ1n) is 18.5. The molecule has 2 aliphatic carbocycles. The Balaban J connectivity index is 1.25. The first-order valence-corrected chi connectivity index (χ1v) is 18.5. The van der Waals surface area contributed by atoms with E-state index in [1.165, 1.54) is 56.7 Å². The van der Waals surface area contributed by atoms with Crippen LogP contribution in [0.1, 0.15) is 68.4 Å². The van der Waals surface area contributed by atoms with Crippen LogP contribution in [0.5, 0.6) is 0 Å². The minimum atomic E-state index is -0.441. The lowest BCUT2D eigenvalue weighted by molar-refractivity contribution is -0.138. The van der Waals surface area contributed by atoms with Gasteiger partial charge in [0.15, 0.2) is 0 Å². The number of anilines is 3. The standard InChI is InChI=1S/C48H47NO4/c1-7-45(50)52-27-25-33(26-28-53-46(51)8-2)29-32-17-19-34(20-18-32)49(35-21-23-39-37-13-9-11-15-41(37)47(3,4)43(39)30-35)36-22-24-40-38-14-10-12-16-42(38)48(5,6)44(40)31-36/h7-24,30-31,33H,1-2,25-29H2,3-6H3. The van der Waals surface area contributed by atoms with Crippen molar-refractivity contribution in [2.24, 2.45) is 5.92 Å². The Morgan fingerprint density at radius 2 is 1.00 bits per heavy atom. The molecule has 2 aliphatic rings. The minimum Gasteiger partial charge on any atom is -0.463 e. The second kappa shape index (κ2) is 14.4. The molecule has 0 atom stereocenters. The molecule has 53 heavy (non-hydrogen) atoms. The third kappa shape index (κ3) is 6.72. The van der Waals surface area contributed by atoms with Crippen LogP contribution in [0.3, 0.4) is 0 Å². The maximum atomic E-state index is 11.7. The zero-order valence-electron chi connectivity index (χ0n) is 31.2. The average Bonchev–Trinajstić information content (AvgIpc) is 3.54. The number of carbonyl (C=O) groups is 2. The zero-order valence-corrected chi connectivity index (χ0v) is 31.2. The van der Waals surface area contributed by atoms with E-state index in [1.807, 2.05) is 0 Å². The number of hydrogen-bond acceptors (Lipinski definition) is 5. The highest BCUT2D eigenvalue weighted by Crippen LogP contribution is 2.53. The number of hydrogen-bond donors (Lipinski definition) is 0. The summed E-state index contributed by atoms with van der Waals surface area (Å²) < 4.78 is 10.6. The highest BCUT2D eigenvalue weighted by Gasteiger charge is 2.37. The molecule has 0 bridgehead atoms. The lowest BCUT2D eigenvalue weighted by Crippen LogP contribution is -2.18. The molecular weight excluding hydrogens is 655 g/mol. The van der Waals surface area contributed by atoms with Crippen molar-refractivity contribution in [3.63, 3.8) is 0 Å². The van der Waals surface area contributed by atoms with Crippen molar-refractivity contribution < 1.29 is 19.1 Å². The van der Waals surface area contributed by atoms with Crippen molar-refractivity contribution in [2.45, 2.75) is 57.8 Å². The van der Waals surface area contributed by atoms with Gasteiger partial charge >= 0.3 is 11.9 Å². The molecule has 7 rings (SSSR count). The van der Waals surface area contributed by atoms with Crippen molar-refractivity contribution in [3.05, 3.63) is 162 Å². The van der Waals surface area contributed by atoms with Crippen LogP contribution in [0.25, 0.3) is 22.3 Å². The molecule has 0 N–H and O–H groups in total. The van der Waals surface area contributed by atoms with Crippen molar-refractivity contribution in [1.82, 2.24) is 0 Å². The Kier molecular flexibility index (Phi) is 9.69. The molecule has 0 saturated carbocycles. The highest BCUT2D eigenvalue weighted by molar-refractivity contribution is 5.88. The number of benzene rings is 5. The number of nitrogens with zero attached hydrogens (tertiary/aromatic N) is 1. The van der Waals surface area contributed by atoms with Crippen LogP contribution in [0.2, 0.25) is 0 Å². The van der Waals surface area contributed by atoms with Crippen LogP contribution in [0.15, 0.2) is 135 Å². The van der Waals surface area contributed by atoms with E-state index < -0.39 is 11.9 Å². The SMILES string of the molecule is C=CC(=O)OCCC(CCOC(=O)C=C)Cc1ccc(N(c2ccc3c(c2)C(C)(C)c2ccccc2-3)c2ccc3c(c2)C(C)(C)c2ccccc2-3)cc1. The Morgan fingerprint density at radius 3 is 1.45 bits per heavy atom. The number of rotatable bonds is 13. The second-order valence-electron chi connectivity index (χ2n) is 15.2. The Bertz CT molecular complexity index is 2080. The Labute approximate surface area is 313 Å². The normalized spacial score (nSPS) is 14.1. The van der Waals surface area contributed by atoms with Crippen LogP contribution in [0.4, 0.5) is 17.1 Å². The van der Waals surface area contributed by atoms with Gasteiger partial charge in [-0.2, -0.15) is 0 Å². The van der Waals surface area contributed by atoms with Gasteiger partial charge in [-0.15, -0.1) is 0 Å². The molecule has 268 valence electrons. The van der Waals surface area contributed by atoms with E-state index in [0.29, 0.717) is 12.8 Å². The molecule has 0 amide bonds. The highest BCUT2D eigenvalue weighted by atomic mass is 16.5. The van der Waals surface area contributed by atoms with Crippen molar-refractivity contribution in [3.8, 4) is 22.3 Å². The summed E-state index contributed by atoms with van der Waals surface area (Å²) in [4.78, 5) is 25.8. The number of fused-ring (bicyclic) bond motifs is 6. The lowest BCUT2D eigenvalue weighted by Gasteiger charge is -2.30. The Hall–Kier alpha value is -5.68. The second-order valence-corrected chi connectivity index (χ2v) is 15.2. The molecule has 0 fully saturated rings. The van der Waals surface area contributed by atoms with Gasteiger partial charge in [0, 0.05) is 40.0 Å². The van der Waals surface area contributed by atoms with Crippen LogP contribution >= 0.6 is 0 Å². The van der Waals surface area contributed by atoms with E-state index >= 15 is 0 Å². The van der Waals surface area contributed by atoms with Gasteiger partial charge in [-0.1, -0.05) is 114 Å². The molecular formula is C48H47NO4. The maximum absolute atomic E-state index is 11.7. The zero-order chi connectivity index (χ0) is 37.3. The molecule has 0 saturated heterocycles. The smallest absolute Gasteiger partial charge is 0.330 e. The molecule has 0 spiro atoms. The van der Waals surface area contributed by atoms with Crippen molar-refractivity contribution in [1.29, 1.82) is 0 Å². The van der Waals surface area contributed by atoms with E-state index in [9.17, 15) is 9.59 Å². The summed E-state index contributed by atoms with van der Waals surface area (Å²) in [6.07, 6.45) is 4.37. The molecule has 5 nitrogen and oxygen atoms in total. The summed E-state index contributed by atoms with van der Waals surface area (Å²) in [6, 6.07) is 40.1. The van der Waals surface area contributed by atoms with E-state index in [-0.39, 0.29) is 30.0 Å². The predicted molar refractivity (Wildman–Crippen MR) is 215 cm³/mol. The Morgan fingerprint density at radius 1 is 0.585 bits per heavy atom. The first-order chi connectivity index (χ1) is 25.5. The third-order valence-corrected chi connectivity index (χ3v) is 11.2. The summed E-state index contributed by atoms with van der Waals surface area (Å²) in [6.45, 7) is 16.8. The van der Waals surface area contributed by atoms with Crippen LogP contribution in [-0.2, 0) is 36.3 Å². The van der Waals surface area contributed by atoms with Crippen molar-refractivity contribution in [2.75, 3.05) is 18.1 Å². The van der Waals surface area contributed by atoms with Gasteiger partial charge in [0.25, 0.3) is 0 Å². The summed E-state index contributed by atoms with van der Waals surface area (Å²) in [5.74, 6) is -0.749. The lowest BCUT2D eigenvalue weighted by atomic mass is 9.82. The third-order valence-electron chi connectivity index (χ3n) is 11.2. The quantitative estimate of drug-likeness (QED) is 0.0903. The topological polar surface area (TPSA) is 55.8 Å². The fraction of sp³-hybridized carbons (Fsp3) is 0.250. The minimum absolute atomic E-state index is 0.131. The van der Waals surface area contributed by atoms with E-state index in [1.54, 1.807) is 0 Å². The van der Waals surface area contributed by atoms with E-state index in [0.717, 1.165) is 29.0 Å². The molecule has 0 radical (unpaired) electrons. The van der Waals surface area contributed by atoms with Gasteiger partial charge in [-0.3, -0.25) is 0 Å². The molecule has 5 aromatic rings. The fourth-order valence-corrected chi connectivity index (χ4v) is 8.34. The van der Waals surface area contributed by atoms with E-state index in [2.05, 4.69) is 155 Å². The monoisotopic (exact) mass is 701 g/mol.